The Labute approximate surface area is 86.6 Å². The van der Waals surface area contributed by atoms with Gasteiger partial charge in [-0.1, -0.05) is 6.92 Å². The predicted octanol–water partition coefficient (Wildman–Crippen LogP) is 3.91. The number of rotatable bonds is 2. The van der Waals surface area contributed by atoms with Crippen LogP contribution in [-0.2, 0) is 0 Å². The minimum absolute atomic E-state index is 0.0294. The Morgan fingerprint density at radius 2 is 1.87 bits per heavy atom. The van der Waals surface area contributed by atoms with Crippen LogP contribution in [0.5, 0.6) is 0 Å². The molecular weight excluding hydrogens is 203 g/mol. The molecule has 0 atom stereocenters. The quantitative estimate of drug-likeness (QED) is 0.523. The lowest BCUT2D eigenvalue weighted by Gasteiger charge is -2.05. The molecule has 0 aliphatic rings. The van der Waals surface area contributed by atoms with Crippen LogP contribution in [0.1, 0.15) is 25.8 Å². The van der Waals surface area contributed by atoms with Gasteiger partial charge in [0.05, 0.1) is 5.69 Å². The first kappa shape index (κ1) is 11.8. The molecule has 0 heterocycles. The number of hydrogen-bond acceptors (Lipinski definition) is 1. The summed E-state index contributed by atoms with van der Waals surface area (Å²) in [5.41, 5.74) is 0.913. The summed E-state index contributed by atoms with van der Waals surface area (Å²) in [5.74, 6) is -3.82. The topological polar surface area (TPSA) is 12.4 Å². The van der Waals surface area contributed by atoms with Crippen molar-refractivity contribution in [2.45, 2.75) is 27.2 Å². The van der Waals surface area contributed by atoms with Crippen LogP contribution in [0.4, 0.5) is 18.9 Å². The molecule has 1 rings (SSSR count). The van der Waals surface area contributed by atoms with Crippen molar-refractivity contribution >= 4 is 11.4 Å². The minimum Gasteiger partial charge on any atom is -0.258 e. The standard InChI is InChI=1S/C11H12F3N/c1-4-6(2)15-9-5-8(12)11(14)10(13)7(9)3/h5H,4H2,1-3H3. The number of nitrogens with zero attached hydrogens (tertiary/aromatic N) is 1. The zero-order valence-electron chi connectivity index (χ0n) is 8.87. The van der Waals surface area contributed by atoms with Crippen molar-refractivity contribution in [3.63, 3.8) is 0 Å². The normalized spacial score (nSPS) is 12.0. The molecule has 1 aromatic carbocycles. The third-order valence-electron chi connectivity index (χ3n) is 2.20. The number of halogens is 3. The minimum atomic E-state index is -1.44. The summed E-state index contributed by atoms with van der Waals surface area (Å²) in [6.07, 6.45) is 0.681. The van der Waals surface area contributed by atoms with Crippen molar-refractivity contribution in [3.05, 3.63) is 29.1 Å². The highest BCUT2D eigenvalue weighted by molar-refractivity contribution is 5.84. The van der Waals surface area contributed by atoms with Crippen LogP contribution in [0.25, 0.3) is 0 Å². The Kier molecular flexibility index (Phi) is 3.50. The molecule has 4 heteroatoms. The number of benzene rings is 1. The van der Waals surface area contributed by atoms with Crippen molar-refractivity contribution in [1.29, 1.82) is 0 Å². The van der Waals surface area contributed by atoms with Gasteiger partial charge in [-0.25, -0.2) is 13.2 Å². The van der Waals surface area contributed by atoms with Crippen LogP contribution in [0.15, 0.2) is 11.1 Å². The summed E-state index contributed by atoms with van der Waals surface area (Å²) in [7, 11) is 0. The maximum Gasteiger partial charge on any atom is 0.194 e. The molecule has 0 aromatic heterocycles. The summed E-state index contributed by atoms with van der Waals surface area (Å²) < 4.78 is 38.8. The smallest absolute Gasteiger partial charge is 0.194 e. The van der Waals surface area contributed by atoms with Crippen LogP contribution in [0.2, 0.25) is 0 Å². The lowest BCUT2D eigenvalue weighted by molar-refractivity contribution is 0.444. The summed E-state index contributed by atoms with van der Waals surface area (Å²) in [6, 6.07) is 0.910. The summed E-state index contributed by atoms with van der Waals surface area (Å²) in [5, 5.41) is 0. The van der Waals surface area contributed by atoms with Gasteiger partial charge in [-0.05, 0) is 20.3 Å². The maximum absolute atomic E-state index is 13.1. The fourth-order valence-corrected chi connectivity index (χ4v) is 1.07. The molecule has 1 nitrogen and oxygen atoms in total. The average molecular weight is 215 g/mol. The van der Waals surface area contributed by atoms with E-state index >= 15 is 0 Å². The number of hydrogen-bond donors (Lipinski definition) is 0. The molecule has 0 aliphatic heterocycles. The second kappa shape index (κ2) is 4.47. The van der Waals surface area contributed by atoms with E-state index in [2.05, 4.69) is 4.99 Å². The van der Waals surface area contributed by atoms with E-state index in [-0.39, 0.29) is 11.3 Å². The summed E-state index contributed by atoms with van der Waals surface area (Å²) >= 11 is 0. The molecule has 1 aromatic rings. The molecule has 0 unspecified atom stereocenters. The van der Waals surface area contributed by atoms with E-state index in [1.165, 1.54) is 6.92 Å². The lowest BCUT2D eigenvalue weighted by atomic mass is 10.1. The molecule has 0 saturated heterocycles. The van der Waals surface area contributed by atoms with Gasteiger partial charge < -0.3 is 0 Å². The zero-order valence-corrected chi connectivity index (χ0v) is 8.87. The fourth-order valence-electron chi connectivity index (χ4n) is 1.07. The van der Waals surface area contributed by atoms with E-state index in [0.717, 1.165) is 11.8 Å². The highest BCUT2D eigenvalue weighted by Gasteiger charge is 2.15. The first-order valence-electron chi connectivity index (χ1n) is 4.65. The largest absolute Gasteiger partial charge is 0.258 e. The van der Waals surface area contributed by atoms with Crippen LogP contribution < -0.4 is 0 Å². The molecule has 0 N–H and O–H groups in total. The van der Waals surface area contributed by atoms with Crippen molar-refractivity contribution in [2.75, 3.05) is 0 Å². The van der Waals surface area contributed by atoms with Crippen LogP contribution in [0, 0.1) is 24.4 Å². The number of aliphatic imine (C=N–C) groups is 1. The van der Waals surface area contributed by atoms with E-state index in [4.69, 9.17) is 0 Å². The van der Waals surface area contributed by atoms with E-state index in [9.17, 15) is 13.2 Å². The van der Waals surface area contributed by atoms with Crippen LogP contribution >= 0.6 is 0 Å². The third-order valence-corrected chi connectivity index (χ3v) is 2.20. The third kappa shape index (κ3) is 2.37. The van der Waals surface area contributed by atoms with Gasteiger partial charge >= 0.3 is 0 Å². The van der Waals surface area contributed by atoms with Crippen molar-refractivity contribution in [3.8, 4) is 0 Å². The predicted molar refractivity (Wildman–Crippen MR) is 54.1 cm³/mol. The Balaban J connectivity index is 3.33. The highest BCUT2D eigenvalue weighted by Crippen LogP contribution is 2.26. The van der Waals surface area contributed by atoms with Gasteiger partial charge in [-0.3, -0.25) is 4.99 Å². The second-order valence-electron chi connectivity index (χ2n) is 3.33. The average Bonchev–Trinajstić information content (AvgIpc) is 2.22. The van der Waals surface area contributed by atoms with Gasteiger partial charge in [0.1, 0.15) is 0 Å². The van der Waals surface area contributed by atoms with Crippen molar-refractivity contribution in [2.24, 2.45) is 4.99 Å². The first-order chi connectivity index (χ1) is 6.97. The molecule has 0 spiro atoms. The van der Waals surface area contributed by atoms with Crippen molar-refractivity contribution in [1.82, 2.24) is 0 Å². The van der Waals surface area contributed by atoms with Crippen LogP contribution in [0.3, 0.4) is 0 Å². The van der Waals surface area contributed by atoms with E-state index < -0.39 is 17.5 Å². The molecule has 0 aliphatic carbocycles. The molecule has 0 bridgehead atoms. The fraction of sp³-hybridized carbons (Fsp3) is 0.364. The zero-order chi connectivity index (χ0) is 11.6. The van der Waals surface area contributed by atoms with Gasteiger partial charge in [0.25, 0.3) is 0 Å². The lowest BCUT2D eigenvalue weighted by Crippen LogP contribution is -1.95. The first-order valence-corrected chi connectivity index (χ1v) is 4.65. The Morgan fingerprint density at radius 1 is 1.27 bits per heavy atom. The molecular formula is C11H12F3N. The molecule has 0 radical (unpaired) electrons. The van der Waals surface area contributed by atoms with Gasteiger partial charge in [-0.15, -0.1) is 0 Å². The Morgan fingerprint density at radius 3 is 2.40 bits per heavy atom. The van der Waals surface area contributed by atoms with E-state index in [1.807, 2.05) is 6.92 Å². The van der Waals surface area contributed by atoms with Gasteiger partial charge in [-0.2, -0.15) is 0 Å². The molecule has 0 saturated carbocycles. The van der Waals surface area contributed by atoms with E-state index in [1.54, 1.807) is 6.92 Å². The van der Waals surface area contributed by atoms with Crippen molar-refractivity contribution < 1.29 is 13.2 Å². The Bertz CT molecular complexity index is 411. The molecule has 15 heavy (non-hydrogen) atoms. The summed E-state index contributed by atoms with van der Waals surface area (Å²) in [4.78, 5) is 4.01. The van der Waals surface area contributed by atoms with E-state index in [0.29, 0.717) is 6.42 Å². The molecule has 82 valence electrons. The highest BCUT2D eigenvalue weighted by atomic mass is 19.2. The monoisotopic (exact) mass is 215 g/mol. The SMILES string of the molecule is CCC(C)=Nc1cc(F)c(F)c(F)c1C. The molecule has 0 fully saturated rings. The Hall–Kier alpha value is -1.32. The van der Waals surface area contributed by atoms with Gasteiger partial charge in [0, 0.05) is 17.3 Å². The maximum atomic E-state index is 13.1. The summed E-state index contributed by atoms with van der Waals surface area (Å²) in [6.45, 7) is 5.00. The molecule has 0 amide bonds. The second-order valence-corrected chi connectivity index (χ2v) is 3.33. The van der Waals surface area contributed by atoms with Gasteiger partial charge in [0.15, 0.2) is 17.5 Å². The van der Waals surface area contributed by atoms with Crippen LogP contribution in [-0.4, -0.2) is 5.71 Å². The van der Waals surface area contributed by atoms with Gasteiger partial charge in [0.2, 0.25) is 0 Å².